The Labute approximate surface area is 180 Å². The van der Waals surface area contributed by atoms with Crippen LogP contribution in [0, 0.1) is 11.8 Å². The predicted molar refractivity (Wildman–Crippen MR) is 120 cm³/mol. The van der Waals surface area contributed by atoms with Gasteiger partial charge in [-0.2, -0.15) is 0 Å². The molecule has 7 heteroatoms. The summed E-state index contributed by atoms with van der Waals surface area (Å²) in [4.78, 5) is 17.3. The van der Waals surface area contributed by atoms with Gasteiger partial charge in [0, 0.05) is 38.3 Å². The Balaban J connectivity index is 1.78. The van der Waals surface area contributed by atoms with E-state index in [0.29, 0.717) is 56.2 Å². The normalized spacial score (nSPS) is 22.6. The zero-order valence-electron chi connectivity index (χ0n) is 18.9. The Hall–Kier alpha value is -1.99. The Morgan fingerprint density at radius 3 is 2.33 bits per heavy atom. The largest absolute Gasteiger partial charge is 0.492 e. The lowest BCUT2D eigenvalue weighted by Crippen LogP contribution is -2.42. The first-order chi connectivity index (χ1) is 14.5. The lowest BCUT2D eigenvalue weighted by Gasteiger charge is -2.34. The molecule has 2 unspecified atom stereocenters. The number of nitrogens with one attached hydrogen (secondary N) is 1. The SMILES string of the molecule is CCOc1cc(N2CCOCC2)c(OCC)cc1NC(=O)CN1CC(C)CC(C)C1. The second-order valence-corrected chi connectivity index (χ2v) is 8.47. The Bertz CT molecular complexity index is 696. The van der Waals surface area contributed by atoms with Gasteiger partial charge in [-0.15, -0.1) is 0 Å². The monoisotopic (exact) mass is 419 g/mol. The molecule has 2 fully saturated rings. The van der Waals surface area contributed by atoms with Crippen molar-refractivity contribution in [2.75, 3.05) is 69.4 Å². The highest BCUT2D eigenvalue weighted by molar-refractivity contribution is 5.94. The highest BCUT2D eigenvalue weighted by Gasteiger charge is 2.24. The van der Waals surface area contributed by atoms with Crippen LogP contribution in [0.2, 0.25) is 0 Å². The van der Waals surface area contributed by atoms with Gasteiger partial charge < -0.3 is 24.4 Å². The van der Waals surface area contributed by atoms with Gasteiger partial charge >= 0.3 is 0 Å². The van der Waals surface area contributed by atoms with Crippen LogP contribution in [-0.2, 0) is 9.53 Å². The molecule has 3 rings (SSSR count). The molecule has 0 bridgehead atoms. The van der Waals surface area contributed by atoms with Crippen molar-refractivity contribution in [3.8, 4) is 11.5 Å². The molecule has 0 aromatic heterocycles. The number of morpholine rings is 1. The zero-order valence-corrected chi connectivity index (χ0v) is 18.9. The Kier molecular flexibility index (Phi) is 8.22. The van der Waals surface area contributed by atoms with Gasteiger partial charge in [0.1, 0.15) is 11.5 Å². The van der Waals surface area contributed by atoms with E-state index in [1.54, 1.807) is 0 Å². The van der Waals surface area contributed by atoms with Gasteiger partial charge in [-0.05, 0) is 32.1 Å². The molecule has 1 amide bonds. The number of hydrogen-bond donors (Lipinski definition) is 1. The first-order valence-corrected chi connectivity index (χ1v) is 11.3. The van der Waals surface area contributed by atoms with E-state index in [4.69, 9.17) is 14.2 Å². The molecule has 0 spiro atoms. The number of rotatable bonds is 8. The third-order valence-corrected chi connectivity index (χ3v) is 5.60. The summed E-state index contributed by atoms with van der Waals surface area (Å²) in [6, 6.07) is 3.89. The fraction of sp³-hybridized carbons (Fsp3) is 0.696. The standard InChI is InChI=1S/C23H37N3O4/c1-5-29-21-13-20(26-7-9-28-10-8-26)22(30-6-2)12-19(21)24-23(27)16-25-14-17(3)11-18(4)15-25/h12-13,17-18H,5-11,14-16H2,1-4H3,(H,24,27). The van der Waals surface area contributed by atoms with Crippen molar-refractivity contribution >= 4 is 17.3 Å². The van der Waals surface area contributed by atoms with Crippen LogP contribution in [0.25, 0.3) is 0 Å². The molecule has 1 aromatic rings. The molecule has 2 aliphatic rings. The van der Waals surface area contributed by atoms with Crippen LogP contribution >= 0.6 is 0 Å². The summed E-state index contributed by atoms with van der Waals surface area (Å²) in [5.74, 6) is 2.67. The van der Waals surface area contributed by atoms with Gasteiger partial charge in [0.2, 0.25) is 5.91 Å². The van der Waals surface area contributed by atoms with Crippen molar-refractivity contribution in [2.24, 2.45) is 11.8 Å². The van der Waals surface area contributed by atoms with Crippen molar-refractivity contribution in [1.29, 1.82) is 0 Å². The van der Waals surface area contributed by atoms with E-state index in [0.717, 1.165) is 37.6 Å². The maximum Gasteiger partial charge on any atom is 0.238 e. The van der Waals surface area contributed by atoms with Gasteiger partial charge in [0.15, 0.2) is 0 Å². The minimum absolute atomic E-state index is 0.0150. The number of hydrogen-bond acceptors (Lipinski definition) is 6. The molecule has 0 radical (unpaired) electrons. The fourth-order valence-corrected chi connectivity index (χ4v) is 4.56. The third-order valence-electron chi connectivity index (χ3n) is 5.60. The van der Waals surface area contributed by atoms with Crippen molar-refractivity contribution < 1.29 is 19.0 Å². The first-order valence-electron chi connectivity index (χ1n) is 11.3. The van der Waals surface area contributed by atoms with Gasteiger partial charge in [0.25, 0.3) is 0 Å². The Morgan fingerprint density at radius 2 is 1.70 bits per heavy atom. The second kappa shape index (κ2) is 10.9. The van der Waals surface area contributed by atoms with Crippen LogP contribution in [0.1, 0.15) is 34.1 Å². The van der Waals surface area contributed by atoms with Crippen molar-refractivity contribution in [1.82, 2.24) is 4.90 Å². The van der Waals surface area contributed by atoms with Crippen LogP contribution in [-0.4, -0.2) is 70.0 Å². The summed E-state index contributed by atoms with van der Waals surface area (Å²) in [5.41, 5.74) is 1.65. The molecule has 0 aliphatic carbocycles. The molecule has 2 heterocycles. The summed E-state index contributed by atoms with van der Waals surface area (Å²) in [6.07, 6.45) is 1.23. The van der Waals surface area contributed by atoms with Crippen LogP contribution in [0.4, 0.5) is 11.4 Å². The highest BCUT2D eigenvalue weighted by atomic mass is 16.5. The lowest BCUT2D eigenvalue weighted by atomic mass is 9.92. The molecule has 0 saturated carbocycles. The van der Waals surface area contributed by atoms with Gasteiger partial charge in [-0.25, -0.2) is 0 Å². The molecule has 1 N–H and O–H groups in total. The number of benzene rings is 1. The van der Waals surface area contributed by atoms with E-state index in [-0.39, 0.29) is 5.91 Å². The van der Waals surface area contributed by atoms with E-state index in [9.17, 15) is 4.79 Å². The summed E-state index contributed by atoms with van der Waals surface area (Å²) < 4.78 is 17.3. The third kappa shape index (κ3) is 6.01. The van der Waals surface area contributed by atoms with Crippen LogP contribution < -0.4 is 19.7 Å². The average molecular weight is 420 g/mol. The summed E-state index contributed by atoms with van der Waals surface area (Å²) in [6.45, 7) is 14.9. The van der Waals surface area contributed by atoms with E-state index in [2.05, 4.69) is 29.0 Å². The fourth-order valence-electron chi connectivity index (χ4n) is 4.56. The van der Waals surface area contributed by atoms with E-state index in [1.165, 1.54) is 6.42 Å². The number of nitrogens with zero attached hydrogens (tertiary/aromatic N) is 2. The van der Waals surface area contributed by atoms with E-state index >= 15 is 0 Å². The average Bonchev–Trinajstić information content (AvgIpc) is 2.70. The van der Waals surface area contributed by atoms with Crippen LogP contribution in [0.15, 0.2) is 12.1 Å². The van der Waals surface area contributed by atoms with Crippen molar-refractivity contribution in [3.05, 3.63) is 12.1 Å². The quantitative estimate of drug-likeness (QED) is 0.698. The van der Waals surface area contributed by atoms with Gasteiger partial charge in [0.05, 0.1) is 44.3 Å². The number of piperidine rings is 1. The molecule has 2 atom stereocenters. The highest BCUT2D eigenvalue weighted by Crippen LogP contribution is 2.39. The first kappa shape index (κ1) is 22.7. The molecule has 168 valence electrons. The number of ether oxygens (including phenoxy) is 3. The van der Waals surface area contributed by atoms with Crippen molar-refractivity contribution in [2.45, 2.75) is 34.1 Å². The summed E-state index contributed by atoms with van der Waals surface area (Å²) in [5, 5.41) is 3.07. The topological polar surface area (TPSA) is 63.3 Å². The minimum atomic E-state index is -0.0150. The maximum atomic E-state index is 12.8. The van der Waals surface area contributed by atoms with Crippen LogP contribution in [0.3, 0.4) is 0 Å². The molecule has 2 aliphatic heterocycles. The van der Waals surface area contributed by atoms with Gasteiger partial charge in [-0.3, -0.25) is 9.69 Å². The number of carbonyl (C=O) groups excluding carboxylic acids is 1. The molecule has 2 saturated heterocycles. The molecular weight excluding hydrogens is 382 g/mol. The molecular formula is C23H37N3O4. The zero-order chi connectivity index (χ0) is 21.5. The minimum Gasteiger partial charge on any atom is -0.492 e. The number of amides is 1. The van der Waals surface area contributed by atoms with E-state index < -0.39 is 0 Å². The second-order valence-electron chi connectivity index (χ2n) is 8.47. The van der Waals surface area contributed by atoms with Crippen molar-refractivity contribution in [3.63, 3.8) is 0 Å². The number of likely N-dealkylation sites (tertiary alicyclic amines) is 1. The van der Waals surface area contributed by atoms with E-state index in [1.807, 2.05) is 26.0 Å². The number of carbonyl (C=O) groups is 1. The number of anilines is 2. The molecule has 30 heavy (non-hydrogen) atoms. The predicted octanol–water partition coefficient (Wildman–Crippen LogP) is 3.24. The Morgan fingerprint density at radius 1 is 1.07 bits per heavy atom. The van der Waals surface area contributed by atoms with Gasteiger partial charge in [-0.1, -0.05) is 13.8 Å². The molecule has 1 aromatic carbocycles. The van der Waals surface area contributed by atoms with Crippen LogP contribution in [0.5, 0.6) is 11.5 Å². The molecule has 7 nitrogen and oxygen atoms in total. The summed E-state index contributed by atoms with van der Waals surface area (Å²) >= 11 is 0. The smallest absolute Gasteiger partial charge is 0.238 e. The summed E-state index contributed by atoms with van der Waals surface area (Å²) in [7, 11) is 0. The maximum absolute atomic E-state index is 12.8. The lowest BCUT2D eigenvalue weighted by molar-refractivity contribution is -0.117.